The summed E-state index contributed by atoms with van der Waals surface area (Å²) in [5.74, 6) is -8.76. The summed E-state index contributed by atoms with van der Waals surface area (Å²) >= 11 is 6.12. The summed E-state index contributed by atoms with van der Waals surface area (Å²) in [6.07, 6.45) is -36.1. The Balaban J connectivity index is 1.06. The van der Waals surface area contributed by atoms with Crippen molar-refractivity contribution in [3.05, 3.63) is 251 Å². The van der Waals surface area contributed by atoms with Crippen molar-refractivity contribution in [1.29, 1.82) is 0 Å². The van der Waals surface area contributed by atoms with Crippen LogP contribution < -0.4 is 0 Å². The van der Waals surface area contributed by atoms with Crippen LogP contribution in [0.25, 0.3) is 0 Å². The number of esters is 8. The molecule has 20 atom stereocenters. The molecule has 4 heterocycles. The second kappa shape index (κ2) is 33.6. The quantitative estimate of drug-likeness (QED) is 0.0367. The Morgan fingerprint density at radius 3 is 0.832 bits per heavy atom. The van der Waals surface area contributed by atoms with Crippen molar-refractivity contribution in [1.82, 2.24) is 0 Å². The third-order valence-electron chi connectivity index (χ3n) is 17.0. The van der Waals surface area contributed by atoms with Gasteiger partial charge in [-0.05, 0) is 113 Å². The van der Waals surface area contributed by atoms with Gasteiger partial charge in [0.25, 0.3) is 0 Å². The van der Waals surface area contributed by atoms with E-state index in [1.165, 1.54) is 125 Å². The lowest BCUT2D eigenvalue weighted by Gasteiger charge is -2.50. The van der Waals surface area contributed by atoms with E-state index in [0.717, 1.165) is 0 Å². The van der Waals surface area contributed by atoms with E-state index >= 15 is 4.79 Å². The zero-order valence-corrected chi connectivity index (χ0v) is 55.4. The van der Waals surface area contributed by atoms with E-state index in [4.69, 9.17) is 82.7 Å². The number of hydrogen-bond donors (Lipinski definition) is 2. The van der Waals surface area contributed by atoms with Gasteiger partial charge in [-0.1, -0.05) is 127 Å². The van der Waals surface area contributed by atoms with Crippen LogP contribution in [0.4, 0.5) is 0 Å². The molecule has 4 aliphatic rings. The first-order valence-corrected chi connectivity index (χ1v) is 32.9. The molecule has 101 heavy (non-hydrogen) atoms. The van der Waals surface area contributed by atoms with Crippen molar-refractivity contribution in [3.8, 4) is 0 Å². The minimum Gasteiger partial charge on any atom is -0.453 e. The Morgan fingerprint density at radius 1 is 0.287 bits per heavy atom. The molecule has 7 aromatic carbocycles. The van der Waals surface area contributed by atoms with Crippen LogP contribution in [0.5, 0.6) is 0 Å². The summed E-state index contributed by atoms with van der Waals surface area (Å²) < 4.78 is 96.2. The van der Waals surface area contributed by atoms with E-state index in [2.05, 4.69) is 0 Å². The lowest BCUT2D eigenvalue weighted by molar-refractivity contribution is -0.392. The van der Waals surface area contributed by atoms with Gasteiger partial charge in [-0.3, -0.25) is 4.79 Å². The maximum atomic E-state index is 15.1. The van der Waals surface area contributed by atoms with Gasteiger partial charge in [0, 0.05) is 0 Å². The molecule has 0 saturated carbocycles. The molecule has 4 aliphatic heterocycles. The number of aliphatic hydroxyl groups excluding tert-OH is 2. The largest absolute Gasteiger partial charge is 0.453 e. The molecule has 0 bridgehead atoms. The molecule has 0 aliphatic carbocycles. The highest BCUT2D eigenvalue weighted by atomic mass is 35.5. The smallest absolute Gasteiger partial charge is 0.338 e. The number of halogens is 1. The molecule has 0 unspecified atom stereocenters. The summed E-state index contributed by atoms with van der Waals surface area (Å²) in [6, 6.07) is 53.7. The SMILES string of the molecule is C[C@@H]1O[C@@H](O)[C@H](O[C@@H]2O[C@@H](C)[C@H](OC(=O)c3ccccc3)[C@@H](OC(=O)c3ccccc3)[C@H]2O[C@@H]2O[C@@H](C)[C@H](OC(=O)c3ccccc3)[C@@H](O[C@@H]3O[C@@H](C)[C@H](OC(=O)c4ccccc4)[C@@H](OC(=O)CCl)[C@H]3OC(=O)c3ccccc3)[C@H]2OC(=O)c2ccccc2)[C@H](O)[C@H]1OC(=O)c1ccccc1. The molecule has 25 nitrogen and oxygen atoms in total. The minimum absolute atomic E-state index is 0.0122. The van der Waals surface area contributed by atoms with Gasteiger partial charge < -0.3 is 81.3 Å². The highest BCUT2D eigenvalue weighted by molar-refractivity contribution is 6.26. The second-order valence-electron chi connectivity index (χ2n) is 23.9. The van der Waals surface area contributed by atoms with Crippen molar-refractivity contribution in [2.45, 2.75) is 151 Å². The summed E-state index contributed by atoms with van der Waals surface area (Å²) in [5.41, 5.74) is 0.0928. The van der Waals surface area contributed by atoms with Gasteiger partial charge in [0.1, 0.15) is 24.2 Å². The molecule has 0 radical (unpaired) electrons. The fourth-order valence-electron chi connectivity index (χ4n) is 11.9. The van der Waals surface area contributed by atoms with Crippen LogP contribution in [0.3, 0.4) is 0 Å². The maximum Gasteiger partial charge on any atom is 0.338 e. The Hall–Kier alpha value is -9.77. The summed E-state index contributed by atoms with van der Waals surface area (Å²) in [6.45, 7) is 5.72. The van der Waals surface area contributed by atoms with E-state index in [9.17, 15) is 43.8 Å². The van der Waals surface area contributed by atoms with E-state index in [-0.39, 0.29) is 38.9 Å². The van der Waals surface area contributed by atoms with Gasteiger partial charge in [-0.2, -0.15) is 0 Å². The van der Waals surface area contributed by atoms with Gasteiger partial charge in [-0.15, -0.1) is 11.6 Å². The van der Waals surface area contributed by atoms with Crippen LogP contribution in [-0.4, -0.2) is 187 Å². The number of aliphatic hydroxyl groups is 2. The Labute approximate surface area is 584 Å². The molecule has 528 valence electrons. The molecule has 0 spiro atoms. The third kappa shape index (κ3) is 17.5. The number of rotatable bonds is 22. The van der Waals surface area contributed by atoms with Crippen LogP contribution in [-0.2, 0) is 75.8 Å². The minimum atomic E-state index is -2.14. The average molecular weight is 1410 g/mol. The number of benzene rings is 7. The number of ether oxygens (including phenoxy) is 15. The van der Waals surface area contributed by atoms with Crippen molar-refractivity contribution >= 4 is 59.4 Å². The summed E-state index contributed by atoms with van der Waals surface area (Å²) in [5, 5.41) is 24.1. The monoisotopic (exact) mass is 1410 g/mol. The molecule has 0 aromatic heterocycles. The highest BCUT2D eigenvalue weighted by Gasteiger charge is 2.60. The van der Waals surface area contributed by atoms with Crippen molar-refractivity contribution < 1.29 is 120 Å². The third-order valence-corrected chi connectivity index (χ3v) is 17.2. The first-order valence-electron chi connectivity index (χ1n) is 32.4. The molecular weight excluding hydrogens is 1340 g/mol. The molecule has 4 saturated heterocycles. The number of alkyl halides is 1. The molecule has 26 heteroatoms. The van der Waals surface area contributed by atoms with Crippen LogP contribution in [0, 0.1) is 0 Å². The molecule has 2 N–H and O–H groups in total. The average Bonchev–Trinajstić information content (AvgIpc) is 0.761. The standard InChI is InChI=1S/C75H71ClO25/c1-41-54(92-65(79)45-26-12-5-13-27-45)53(78)58(72(86)87-41)99-75-64(60(96-69(83)49-34-20-9-21-35-49)56(43(3)90-75)94-67(81)47-30-16-7-17-31-47)101-74-63(98-71(85)51-38-24-11-25-39-51)61(57(44(4)89-74)95-68(82)48-32-18-8-19-33-48)100-73-62(97-70(84)50-36-22-10-23-37-50)59(91-52(77)40-76)55(42(2)88-73)93-66(80)46-28-14-6-15-29-46/h5-39,41-44,53-64,72-75,78,86H,40H2,1-4H3/t41-,42-,43-,44-,53+,54-,55-,56-,57-,58+,59+,60+,61+,62+,63+,64+,72+,73-,74-,75-/m0/s1. The lowest BCUT2D eigenvalue weighted by atomic mass is 9.95. The summed E-state index contributed by atoms with van der Waals surface area (Å²) in [7, 11) is 0. The summed E-state index contributed by atoms with van der Waals surface area (Å²) in [4.78, 5) is 115. The van der Waals surface area contributed by atoms with Gasteiger partial charge in [0.05, 0.1) is 63.4 Å². The number of carbonyl (C=O) groups excluding carboxylic acids is 8. The molecule has 7 aromatic rings. The molecular formula is C75H71ClO25. The van der Waals surface area contributed by atoms with Gasteiger partial charge in [-0.25, -0.2) is 33.6 Å². The zero-order valence-electron chi connectivity index (χ0n) is 54.6. The lowest BCUT2D eigenvalue weighted by Crippen LogP contribution is -2.68. The Bertz CT molecular complexity index is 3940. The molecule has 11 rings (SSSR count). The number of carbonyl (C=O) groups is 8. The van der Waals surface area contributed by atoms with E-state index < -0.39 is 176 Å². The molecule has 0 amide bonds. The van der Waals surface area contributed by atoms with E-state index in [1.807, 2.05) is 0 Å². The van der Waals surface area contributed by atoms with Crippen molar-refractivity contribution in [3.63, 3.8) is 0 Å². The first kappa shape index (κ1) is 72.5. The van der Waals surface area contributed by atoms with E-state index in [0.29, 0.717) is 0 Å². The Morgan fingerprint density at radius 2 is 0.515 bits per heavy atom. The van der Waals surface area contributed by atoms with Crippen LogP contribution in [0.15, 0.2) is 212 Å². The van der Waals surface area contributed by atoms with Gasteiger partial charge in [0.15, 0.2) is 80.1 Å². The predicted molar refractivity (Wildman–Crippen MR) is 350 cm³/mol. The normalized spacial score (nSPS) is 29.3. The van der Waals surface area contributed by atoms with Crippen molar-refractivity contribution in [2.75, 3.05) is 5.88 Å². The predicted octanol–water partition coefficient (Wildman–Crippen LogP) is 8.20. The zero-order chi connectivity index (χ0) is 71.3. The van der Waals surface area contributed by atoms with Gasteiger partial charge >= 0.3 is 47.8 Å². The van der Waals surface area contributed by atoms with Gasteiger partial charge in [0.2, 0.25) is 0 Å². The van der Waals surface area contributed by atoms with Crippen LogP contribution >= 0.6 is 11.6 Å². The second-order valence-corrected chi connectivity index (χ2v) is 24.2. The fourth-order valence-corrected chi connectivity index (χ4v) is 11.9. The van der Waals surface area contributed by atoms with Crippen LogP contribution in [0.2, 0.25) is 0 Å². The fraction of sp³-hybridized carbons (Fsp3) is 0.333. The first-order chi connectivity index (χ1) is 48.8. The van der Waals surface area contributed by atoms with Crippen molar-refractivity contribution in [2.24, 2.45) is 0 Å². The Kier molecular flexibility index (Phi) is 24.1. The molecule has 4 fully saturated rings. The maximum absolute atomic E-state index is 15.1. The highest BCUT2D eigenvalue weighted by Crippen LogP contribution is 2.40. The number of hydrogen-bond acceptors (Lipinski definition) is 25. The van der Waals surface area contributed by atoms with Crippen LogP contribution in [0.1, 0.15) is 100 Å². The van der Waals surface area contributed by atoms with E-state index in [1.54, 1.807) is 115 Å². The topological polar surface area (TPSA) is 315 Å².